The van der Waals surface area contributed by atoms with Gasteiger partial charge in [0.05, 0.1) is 0 Å². The van der Waals surface area contributed by atoms with Crippen LogP contribution in [0, 0.1) is 5.82 Å². The van der Waals surface area contributed by atoms with Crippen molar-refractivity contribution in [3.63, 3.8) is 0 Å². The second kappa shape index (κ2) is 5.54. The van der Waals surface area contributed by atoms with E-state index >= 15 is 0 Å². The standard InChI is InChI=1S/C15H12FN5/c16-11-6-8-12(9-7-11)18-14-13(20-21-15(17)19-14)10-4-2-1-3-5-10/h1-9H,(H3,17,18,19,21). The zero-order chi connectivity index (χ0) is 14.7. The van der Waals surface area contributed by atoms with Gasteiger partial charge in [0.1, 0.15) is 11.5 Å². The zero-order valence-corrected chi connectivity index (χ0v) is 11.0. The van der Waals surface area contributed by atoms with Crippen LogP contribution >= 0.6 is 0 Å². The molecule has 1 aromatic heterocycles. The molecule has 104 valence electrons. The molecule has 0 aliphatic rings. The van der Waals surface area contributed by atoms with E-state index in [0.29, 0.717) is 17.2 Å². The van der Waals surface area contributed by atoms with Crippen LogP contribution in [0.5, 0.6) is 0 Å². The zero-order valence-electron chi connectivity index (χ0n) is 11.0. The molecular weight excluding hydrogens is 269 g/mol. The van der Waals surface area contributed by atoms with Crippen molar-refractivity contribution in [1.29, 1.82) is 0 Å². The highest BCUT2D eigenvalue weighted by Gasteiger charge is 2.10. The molecule has 21 heavy (non-hydrogen) atoms. The van der Waals surface area contributed by atoms with E-state index in [-0.39, 0.29) is 11.8 Å². The summed E-state index contributed by atoms with van der Waals surface area (Å²) >= 11 is 0. The number of benzene rings is 2. The predicted octanol–water partition coefficient (Wildman–Crippen LogP) is 3.00. The molecule has 0 saturated carbocycles. The van der Waals surface area contributed by atoms with E-state index in [2.05, 4.69) is 20.5 Å². The number of nitrogens with two attached hydrogens (primary N) is 1. The van der Waals surface area contributed by atoms with Gasteiger partial charge in [0.2, 0.25) is 5.95 Å². The minimum absolute atomic E-state index is 0.0688. The van der Waals surface area contributed by atoms with Crippen molar-refractivity contribution >= 4 is 17.5 Å². The Bertz CT molecular complexity index is 744. The third-order valence-electron chi connectivity index (χ3n) is 2.86. The first-order valence-corrected chi connectivity index (χ1v) is 6.30. The van der Waals surface area contributed by atoms with Crippen molar-refractivity contribution in [2.75, 3.05) is 11.1 Å². The molecule has 3 rings (SSSR count). The smallest absolute Gasteiger partial charge is 0.242 e. The molecule has 0 spiro atoms. The average molecular weight is 281 g/mol. The summed E-state index contributed by atoms with van der Waals surface area (Å²) in [7, 11) is 0. The highest BCUT2D eigenvalue weighted by Crippen LogP contribution is 2.26. The van der Waals surface area contributed by atoms with Gasteiger partial charge in [-0.15, -0.1) is 10.2 Å². The topological polar surface area (TPSA) is 76.7 Å². The molecule has 0 amide bonds. The highest BCUT2D eigenvalue weighted by molar-refractivity contribution is 5.75. The predicted molar refractivity (Wildman–Crippen MR) is 79.4 cm³/mol. The minimum Gasteiger partial charge on any atom is -0.366 e. The Balaban J connectivity index is 2.01. The summed E-state index contributed by atoms with van der Waals surface area (Å²) in [6, 6.07) is 15.5. The first-order chi connectivity index (χ1) is 10.2. The van der Waals surface area contributed by atoms with E-state index in [4.69, 9.17) is 5.73 Å². The molecule has 0 aliphatic heterocycles. The van der Waals surface area contributed by atoms with Gasteiger partial charge in [-0.3, -0.25) is 0 Å². The van der Waals surface area contributed by atoms with Crippen molar-refractivity contribution in [2.45, 2.75) is 0 Å². The van der Waals surface area contributed by atoms with E-state index < -0.39 is 0 Å². The third kappa shape index (κ3) is 2.94. The number of halogens is 1. The van der Waals surface area contributed by atoms with Gasteiger partial charge in [0, 0.05) is 11.3 Å². The van der Waals surface area contributed by atoms with Gasteiger partial charge in [0.15, 0.2) is 5.82 Å². The largest absolute Gasteiger partial charge is 0.366 e. The Hall–Kier alpha value is -3.02. The summed E-state index contributed by atoms with van der Waals surface area (Å²) in [4.78, 5) is 4.17. The Morgan fingerprint density at radius 3 is 2.33 bits per heavy atom. The third-order valence-corrected chi connectivity index (χ3v) is 2.86. The number of rotatable bonds is 3. The van der Waals surface area contributed by atoms with Crippen molar-refractivity contribution in [2.24, 2.45) is 0 Å². The molecule has 0 bridgehead atoms. The molecule has 0 atom stereocenters. The molecule has 0 saturated heterocycles. The SMILES string of the molecule is Nc1nnc(-c2ccccc2)c(Nc2ccc(F)cc2)n1. The number of nitrogens with one attached hydrogen (secondary N) is 1. The molecule has 6 heteroatoms. The van der Waals surface area contributed by atoms with Gasteiger partial charge >= 0.3 is 0 Å². The Morgan fingerprint density at radius 1 is 0.905 bits per heavy atom. The van der Waals surface area contributed by atoms with Crippen LogP contribution in [0.3, 0.4) is 0 Å². The molecule has 0 radical (unpaired) electrons. The summed E-state index contributed by atoms with van der Waals surface area (Å²) in [5, 5.41) is 11.0. The molecule has 5 nitrogen and oxygen atoms in total. The van der Waals surface area contributed by atoms with Crippen LogP contribution in [0.4, 0.5) is 21.8 Å². The van der Waals surface area contributed by atoms with Gasteiger partial charge < -0.3 is 11.1 Å². The maximum absolute atomic E-state index is 12.9. The van der Waals surface area contributed by atoms with Crippen molar-refractivity contribution < 1.29 is 4.39 Å². The van der Waals surface area contributed by atoms with E-state index in [9.17, 15) is 4.39 Å². The van der Waals surface area contributed by atoms with Crippen LogP contribution in [0.1, 0.15) is 0 Å². The van der Waals surface area contributed by atoms with Crippen LogP contribution in [0.2, 0.25) is 0 Å². The Labute approximate surface area is 120 Å². The van der Waals surface area contributed by atoms with Crippen molar-refractivity contribution in [1.82, 2.24) is 15.2 Å². The normalized spacial score (nSPS) is 10.3. The molecule has 3 N–H and O–H groups in total. The summed E-state index contributed by atoms with van der Waals surface area (Å²) in [6.45, 7) is 0. The van der Waals surface area contributed by atoms with E-state index in [1.807, 2.05) is 30.3 Å². The molecule has 1 heterocycles. The fourth-order valence-corrected chi connectivity index (χ4v) is 1.89. The second-order valence-corrected chi connectivity index (χ2v) is 4.37. The number of hydrogen-bond donors (Lipinski definition) is 2. The Kier molecular flexibility index (Phi) is 3.42. The van der Waals surface area contributed by atoms with Gasteiger partial charge in [-0.05, 0) is 24.3 Å². The highest BCUT2D eigenvalue weighted by atomic mass is 19.1. The summed E-state index contributed by atoms with van der Waals surface area (Å²) < 4.78 is 12.9. The minimum atomic E-state index is -0.302. The number of hydrogen-bond acceptors (Lipinski definition) is 5. The lowest BCUT2D eigenvalue weighted by Crippen LogP contribution is -2.05. The summed E-state index contributed by atoms with van der Waals surface area (Å²) in [5.41, 5.74) is 7.73. The van der Waals surface area contributed by atoms with Gasteiger partial charge in [0.25, 0.3) is 0 Å². The van der Waals surface area contributed by atoms with E-state index in [0.717, 1.165) is 5.56 Å². The van der Waals surface area contributed by atoms with Crippen LogP contribution in [-0.4, -0.2) is 15.2 Å². The lowest BCUT2D eigenvalue weighted by molar-refractivity contribution is 0.628. The van der Waals surface area contributed by atoms with Crippen LogP contribution in [0.15, 0.2) is 54.6 Å². The summed E-state index contributed by atoms with van der Waals surface area (Å²) in [6.07, 6.45) is 0. The number of nitrogen functional groups attached to an aromatic ring is 1. The van der Waals surface area contributed by atoms with Crippen LogP contribution < -0.4 is 11.1 Å². The van der Waals surface area contributed by atoms with Crippen LogP contribution in [0.25, 0.3) is 11.3 Å². The first-order valence-electron chi connectivity index (χ1n) is 6.30. The second-order valence-electron chi connectivity index (χ2n) is 4.37. The van der Waals surface area contributed by atoms with E-state index in [1.54, 1.807) is 12.1 Å². The lowest BCUT2D eigenvalue weighted by Gasteiger charge is -2.10. The van der Waals surface area contributed by atoms with E-state index in [1.165, 1.54) is 12.1 Å². The van der Waals surface area contributed by atoms with Crippen molar-refractivity contribution in [3.05, 3.63) is 60.4 Å². The maximum Gasteiger partial charge on any atom is 0.242 e. The fourth-order valence-electron chi connectivity index (χ4n) is 1.89. The lowest BCUT2D eigenvalue weighted by atomic mass is 10.1. The number of anilines is 3. The van der Waals surface area contributed by atoms with Gasteiger partial charge in [-0.2, -0.15) is 4.98 Å². The van der Waals surface area contributed by atoms with Crippen molar-refractivity contribution in [3.8, 4) is 11.3 Å². The first kappa shape index (κ1) is 13.0. The molecule has 0 fully saturated rings. The molecule has 2 aromatic carbocycles. The monoisotopic (exact) mass is 281 g/mol. The number of nitrogens with zero attached hydrogens (tertiary/aromatic N) is 3. The molecular formula is C15H12FN5. The van der Waals surface area contributed by atoms with Gasteiger partial charge in [-0.25, -0.2) is 4.39 Å². The molecule has 0 aliphatic carbocycles. The van der Waals surface area contributed by atoms with Crippen LogP contribution in [-0.2, 0) is 0 Å². The van der Waals surface area contributed by atoms with Gasteiger partial charge in [-0.1, -0.05) is 30.3 Å². The maximum atomic E-state index is 12.9. The number of aromatic nitrogens is 3. The fraction of sp³-hybridized carbons (Fsp3) is 0. The molecule has 3 aromatic rings. The molecule has 0 unspecified atom stereocenters. The average Bonchev–Trinajstić information content (AvgIpc) is 2.51. The Morgan fingerprint density at radius 2 is 1.62 bits per heavy atom. The summed E-state index contributed by atoms with van der Waals surface area (Å²) in [5.74, 6) is 0.240. The quantitative estimate of drug-likeness (QED) is 0.771.